The highest BCUT2D eigenvalue weighted by atomic mass is 16.7. The van der Waals surface area contributed by atoms with Crippen molar-refractivity contribution in [2.45, 2.75) is 33.2 Å². The summed E-state index contributed by atoms with van der Waals surface area (Å²) in [5.41, 5.74) is 0.348. The summed E-state index contributed by atoms with van der Waals surface area (Å²) in [6, 6.07) is 0. The molecule has 8 heteroatoms. The van der Waals surface area contributed by atoms with E-state index in [2.05, 4.69) is 13.2 Å². The highest BCUT2D eigenvalue weighted by Crippen LogP contribution is 1.98. The lowest BCUT2D eigenvalue weighted by molar-refractivity contribution is -0.156. The summed E-state index contributed by atoms with van der Waals surface area (Å²) < 4.78 is 37.1. The van der Waals surface area contributed by atoms with E-state index >= 15 is 0 Å². The van der Waals surface area contributed by atoms with E-state index in [1.54, 1.807) is 6.92 Å². The number of carbonyl (C=O) groups excluding carboxylic acids is 1. The van der Waals surface area contributed by atoms with Gasteiger partial charge in [0.2, 0.25) is 6.29 Å². The van der Waals surface area contributed by atoms with Crippen LogP contribution in [0.5, 0.6) is 0 Å². The van der Waals surface area contributed by atoms with E-state index in [9.17, 15) is 4.79 Å². The Balaban J connectivity index is 3.57. The van der Waals surface area contributed by atoms with Crippen molar-refractivity contribution in [3.8, 4) is 0 Å². The zero-order valence-corrected chi connectivity index (χ0v) is 16.8. The molecule has 0 aliphatic heterocycles. The molecule has 1 atom stereocenters. The molecule has 0 bridgehead atoms. The lowest BCUT2D eigenvalue weighted by Gasteiger charge is -2.17. The Morgan fingerprint density at radius 2 is 1.44 bits per heavy atom. The van der Waals surface area contributed by atoms with Crippen LogP contribution in [-0.2, 0) is 38.0 Å². The molecule has 158 valence electrons. The quantitative estimate of drug-likeness (QED) is 0.109. The normalized spacial score (nSPS) is 12.0. The van der Waals surface area contributed by atoms with Crippen molar-refractivity contribution < 1.29 is 38.0 Å². The zero-order valence-electron chi connectivity index (χ0n) is 16.8. The van der Waals surface area contributed by atoms with Crippen molar-refractivity contribution in [3.05, 3.63) is 25.0 Å². The predicted octanol–water partition coefficient (Wildman–Crippen LogP) is 2.08. The van der Waals surface area contributed by atoms with Gasteiger partial charge in [-0.3, -0.25) is 0 Å². The molecule has 0 aliphatic rings. The summed E-state index contributed by atoms with van der Waals surface area (Å²) in [6.45, 7) is 15.9. The molecule has 1 unspecified atom stereocenters. The third-order valence-corrected chi connectivity index (χ3v) is 2.89. The first kappa shape index (κ1) is 25.6. The highest BCUT2D eigenvalue weighted by Gasteiger charge is 2.09. The Hall–Kier alpha value is -1.45. The van der Waals surface area contributed by atoms with Crippen LogP contribution in [0.4, 0.5) is 0 Å². The maximum atomic E-state index is 11.2. The van der Waals surface area contributed by atoms with E-state index in [4.69, 9.17) is 33.2 Å². The Morgan fingerprint density at radius 1 is 0.889 bits per heavy atom. The predicted molar refractivity (Wildman–Crippen MR) is 100 cm³/mol. The number of rotatable bonds is 19. The van der Waals surface area contributed by atoms with Gasteiger partial charge in [-0.05, 0) is 20.8 Å². The molecule has 0 saturated heterocycles. The largest absolute Gasteiger partial charge is 0.471 e. The molecule has 0 spiro atoms. The van der Waals surface area contributed by atoms with Gasteiger partial charge in [-0.25, -0.2) is 4.79 Å². The van der Waals surface area contributed by atoms with Crippen LogP contribution >= 0.6 is 0 Å². The molecule has 8 nitrogen and oxygen atoms in total. The van der Waals surface area contributed by atoms with Crippen molar-refractivity contribution in [2.24, 2.45) is 0 Å². The SMILES string of the molecule is C=COC(COCCOC(=O)C(=C)C)OCCOCCOCCOC(C)C. The van der Waals surface area contributed by atoms with Gasteiger partial charge in [0.05, 0.1) is 58.6 Å². The van der Waals surface area contributed by atoms with Gasteiger partial charge in [-0.1, -0.05) is 13.2 Å². The minimum atomic E-state index is -0.604. The average molecular weight is 390 g/mol. The van der Waals surface area contributed by atoms with Crippen LogP contribution in [0.1, 0.15) is 20.8 Å². The van der Waals surface area contributed by atoms with E-state index in [0.29, 0.717) is 45.2 Å². The van der Waals surface area contributed by atoms with Crippen molar-refractivity contribution in [3.63, 3.8) is 0 Å². The highest BCUT2D eigenvalue weighted by molar-refractivity contribution is 5.86. The monoisotopic (exact) mass is 390 g/mol. The Labute approximate surface area is 162 Å². The van der Waals surface area contributed by atoms with E-state index < -0.39 is 12.3 Å². The number of hydrogen-bond donors (Lipinski definition) is 0. The molecule has 0 aliphatic carbocycles. The van der Waals surface area contributed by atoms with Gasteiger partial charge in [0.1, 0.15) is 13.2 Å². The Bertz CT molecular complexity index is 397. The second kappa shape index (κ2) is 17.9. The first-order valence-corrected chi connectivity index (χ1v) is 9.02. The molecule has 0 saturated carbocycles. The average Bonchev–Trinajstić information content (AvgIpc) is 2.62. The molecular weight excluding hydrogens is 356 g/mol. The number of hydrogen-bond acceptors (Lipinski definition) is 8. The number of carbonyl (C=O) groups is 1. The van der Waals surface area contributed by atoms with Crippen LogP contribution in [0.15, 0.2) is 25.0 Å². The lowest BCUT2D eigenvalue weighted by Crippen LogP contribution is -2.25. The Morgan fingerprint density at radius 3 is 2.00 bits per heavy atom. The zero-order chi connectivity index (χ0) is 20.3. The third kappa shape index (κ3) is 17.7. The summed E-state index contributed by atoms with van der Waals surface area (Å²) in [7, 11) is 0. The number of esters is 1. The van der Waals surface area contributed by atoms with E-state index in [1.165, 1.54) is 6.26 Å². The smallest absolute Gasteiger partial charge is 0.333 e. The molecule has 0 aromatic heterocycles. The summed E-state index contributed by atoms with van der Waals surface area (Å²) in [5, 5.41) is 0. The maximum absolute atomic E-state index is 11.2. The van der Waals surface area contributed by atoms with Crippen molar-refractivity contribution in [1.82, 2.24) is 0 Å². The van der Waals surface area contributed by atoms with Gasteiger partial charge in [0.15, 0.2) is 0 Å². The molecule has 0 radical (unpaired) electrons. The van der Waals surface area contributed by atoms with E-state index in [0.717, 1.165) is 0 Å². The van der Waals surface area contributed by atoms with Gasteiger partial charge in [0, 0.05) is 5.57 Å². The summed E-state index contributed by atoms with van der Waals surface area (Å²) in [4.78, 5) is 11.2. The number of ether oxygens (including phenoxy) is 7. The molecule has 0 aromatic carbocycles. The van der Waals surface area contributed by atoms with Crippen LogP contribution in [0.3, 0.4) is 0 Å². The lowest BCUT2D eigenvalue weighted by atomic mass is 10.4. The minimum Gasteiger partial charge on any atom is -0.471 e. The topological polar surface area (TPSA) is 81.7 Å². The van der Waals surface area contributed by atoms with Crippen LogP contribution in [-0.4, -0.2) is 77.8 Å². The van der Waals surface area contributed by atoms with Crippen LogP contribution < -0.4 is 0 Å². The van der Waals surface area contributed by atoms with Crippen LogP contribution in [0.2, 0.25) is 0 Å². The van der Waals surface area contributed by atoms with Crippen molar-refractivity contribution in [1.29, 1.82) is 0 Å². The second-order valence-electron chi connectivity index (χ2n) is 5.74. The van der Waals surface area contributed by atoms with Gasteiger partial charge < -0.3 is 33.2 Å². The molecule has 0 heterocycles. The Kier molecular flexibility index (Phi) is 17.0. The standard InChI is InChI=1S/C19H34O8/c1-6-24-18(15-23-11-14-27-19(20)16(2)3)26-13-10-22-8-7-21-9-12-25-17(4)5/h6,17-18H,1-2,7-15H2,3-5H3. The minimum absolute atomic E-state index is 0.137. The third-order valence-electron chi connectivity index (χ3n) is 2.89. The van der Waals surface area contributed by atoms with Gasteiger partial charge in [-0.2, -0.15) is 0 Å². The maximum Gasteiger partial charge on any atom is 0.333 e. The molecule has 0 amide bonds. The molecule has 0 aromatic rings. The van der Waals surface area contributed by atoms with Gasteiger partial charge in [-0.15, -0.1) is 0 Å². The molecular formula is C19H34O8. The fraction of sp³-hybridized carbons (Fsp3) is 0.737. The van der Waals surface area contributed by atoms with E-state index in [-0.39, 0.29) is 25.9 Å². The van der Waals surface area contributed by atoms with Crippen LogP contribution in [0.25, 0.3) is 0 Å². The molecule has 0 fully saturated rings. The van der Waals surface area contributed by atoms with Gasteiger partial charge in [0.25, 0.3) is 0 Å². The summed E-state index contributed by atoms with van der Waals surface area (Å²) >= 11 is 0. The van der Waals surface area contributed by atoms with Crippen LogP contribution in [0, 0.1) is 0 Å². The molecule has 0 rings (SSSR count). The first-order valence-electron chi connectivity index (χ1n) is 9.02. The summed E-state index contributed by atoms with van der Waals surface area (Å²) in [5.74, 6) is -0.442. The fourth-order valence-electron chi connectivity index (χ4n) is 1.63. The van der Waals surface area contributed by atoms with Gasteiger partial charge >= 0.3 is 5.97 Å². The van der Waals surface area contributed by atoms with E-state index in [1.807, 2.05) is 13.8 Å². The van der Waals surface area contributed by atoms with Crippen molar-refractivity contribution in [2.75, 3.05) is 59.5 Å². The van der Waals surface area contributed by atoms with Crippen molar-refractivity contribution >= 4 is 5.97 Å². The summed E-state index contributed by atoms with van der Waals surface area (Å²) in [6.07, 6.45) is 0.888. The first-order chi connectivity index (χ1) is 13.0. The fourth-order valence-corrected chi connectivity index (χ4v) is 1.63. The molecule has 0 N–H and O–H groups in total. The second-order valence-corrected chi connectivity index (χ2v) is 5.74. The molecule has 27 heavy (non-hydrogen) atoms.